The van der Waals surface area contributed by atoms with Gasteiger partial charge in [-0.1, -0.05) is 43.9 Å². The Hall–Kier alpha value is -0.930. The summed E-state index contributed by atoms with van der Waals surface area (Å²) in [6, 6.07) is 6.83. The number of nitrogens with one attached hydrogen (secondary N) is 1. The molecule has 2 nitrogen and oxygen atoms in total. The highest BCUT2D eigenvalue weighted by Crippen LogP contribution is 2.33. The maximum Gasteiger partial charge on any atom is 0.128 e. The van der Waals surface area contributed by atoms with Crippen LogP contribution in [0.25, 0.3) is 0 Å². The number of halogens is 1. The van der Waals surface area contributed by atoms with Gasteiger partial charge < -0.3 is 0 Å². The van der Waals surface area contributed by atoms with Gasteiger partial charge in [0.15, 0.2) is 0 Å². The molecule has 1 aromatic carbocycles. The molecule has 0 radical (unpaired) electrons. The molecule has 1 saturated carbocycles. The summed E-state index contributed by atoms with van der Waals surface area (Å²) in [5.41, 5.74) is 3.44. The van der Waals surface area contributed by atoms with Crippen molar-refractivity contribution in [3.63, 3.8) is 0 Å². The second-order valence-electron chi connectivity index (χ2n) is 4.63. The number of hydrogen-bond acceptors (Lipinski definition) is 2. The minimum Gasteiger partial charge on any atom is -0.271 e. The number of hydrazine groups is 1. The Balaban J connectivity index is 2.06. The summed E-state index contributed by atoms with van der Waals surface area (Å²) in [6.07, 6.45) is 6.06. The van der Waals surface area contributed by atoms with Gasteiger partial charge in [0, 0.05) is 11.6 Å². The van der Waals surface area contributed by atoms with E-state index in [9.17, 15) is 4.39 Å². The van der Waals surface area contributed by atoms with Gasteiger partial charge in [0.2, 0.25) is 0 Å². The number of nitrogens with two attached hydrogens (primary N) is 1. The van der Waals surface area contributed by atoms with E-state index in [-0.39, 0.29) is 11.9 Å². The predicted octanol–water partition coefficient (Wildman–Crippen LogP) is 2.91. The molecule has 0 heterocycles. The first-order chi connectivity index (χ1) is 7.81. The van der Waals surface area contributed by atoms with Crippen LogP contribution >= 0.6 is 0 Å². The van der Waals surface area contributed by atoms with Gasteiger partial charge in [-0.25, -0.2) is 4.39 Å². The van der Waals surface area contributed by atoms with E-state index in [1.165, 1.54) is 31.7 Å². The molecule has 1 aromatic rings. The van der Waals surface area contributed by atoms with E-state index in [0.29, 0.717) is 11.5 Å². The molecule has 2 rings (SSSR count). The van der Waals surface area contributed by atoms with Gasteiger partial charge in [0.05, 0.1) is 0 Å². The zero-order valence-corrected chi connectivity index (χ0v) is 9.45. The van der Waals surface area contributed by atoms with Crippen LogP contribution in [0.4, 0.5) is 4.39 Å². The van der Waals surface area contributed by atoms with E-state index < -0.39 is 0 Å². The maximum absolute atomic E-state index is 13.6. The Morgan fingerprint density at radius 1 is 1.31 bits per heavy atom. The summed E-state index contributed by atoms with van der Waals surface area (Å²) < 4.78 is 13.6. The third kappa shape index (κ3) is 2.60. The lowest BCUT2D eigenvalue weighted by atomic mass is 9.94. The molecule has 0 saturated heterocycles. The van der Waals surface area contributed by atoms with Crippen LogP contribution < -0.4 is 11.3 Å². The van der Waals surface area contributed by atoms with Crippen LogP contribution in [0.5, 0.6) is 0 Å². The van der Waals surface area contributed by atoms with Crippen molar-refractivity contribution in [1.82, 2.24) is 5.43 Å². The van der Waals surface area contributed by atoms with E-state index in [1.54, 1.807) is 6.07 Å². The molecule has 1 unspecified atom stereocenters. The van der Waals surface area contributed by atoms with Crippen molar-refractivity contribution in [1.29, 1.82) is 0 Å². The van der Waals surface area contributed by atoms with Gasteiger partial charge in [-0.05, 0) is 18.4 Å². The van der Waals surface area contributed by atoms with Gasteiger partial charge in [-0.15, -0.1) is 0 Å². The first kappa shape index (κ1) is 11.6. The third-order valence-corrected chi connectivity index (χ3v) is 3.53. The van der Waals surface area contributed by atoms with Crippen LogP contribution in [0.3, 0.4) is 0 Å². The zero-order valence-electron chi connectivity index (χ0n) is 9.45. The number of benzene rings is 1. The summed E-state index contributed by atoms with van der Waals surface area (Å²) >= 11 is 0. The Morgan fingerprint density at radius 3 is 2.62 bits per heavy atom. The summed E-state index contributed by atoms with van der Waals surface area (Å²) in [5.74, 6) is 6.07. The summed E-state index contributed by atoms with van der Waals surface area (Å²) in [5, 5.41) is 0. The fourth-order valence-electron chi connectivity index (χ4n) is 2.62. The van der Waals surface area contributed by atoms with Crippen LogP contribution in [-0.2, 0) is 0 Å². The van der Waals surface area contributed by atoms with Crippen molar-refractivity contribution in [3.8, 4) is 0 Å². The Kier molecular flexibility index (Phi) is 3.91. The van der Waals surface area contributed by atoms with Crippen molar-refractivity contribution >= 4 is 0 Å². The van der Waals surface area contributed by atoms with Gasteiger partial charge in [0.1, 0.15) is 5.82 Å². The Bertz CT molecular complexity index is 334. The van der Waals surface area contributed by atoms with Crippen LogP contribution in [-0.4, -0.2) is 0 Å². The van der Waals surface area contributed by atoms with E-state index in [4.69, 9.17) is 5.84 Å². The molecule has 88 valence electrons. The standard InChI is InChI=1S/C13H19FN2/c14-12-8-4-3-7-11(12)13(16-15)9-10-5-1-2-6-10/h3-4,7-8,10,13,16H,1-2,5-6,9,15H2. The molecule has 0 bridgehead atoms. The lowest BCUT2D eigenvalue weighted by Crippen LogP contribution is -2.30. The zero-order chi connectivity index (χ0) is 11.4. The Morgan fingerprint density at radius 2 is 2.00 bits per heavy atom. The summed E-state index contributed by atoms with van der Waals surface area (Å²) in [6.45, 7) is 0. The van der Waals surface area contributed by atoms with Crippen molar-refractivity contribution in [2.75, 3.05) is 0 Å². The molecule has 0 aromatic heterocycles. The molecule has 0 spiro atoms. The number of rotatable bonds is 4. The molecular weight excluding hydrogens is 203 g/mol. The second-order valence-corrected chi connectivity index (χ2v) is 4.63. The highest BCUT2D eigenvalue weighted by molar-refractivity contribution is 5.21. The van der Waals surface area contributed by atoms with Crippen LogP contribution in [0.1, 0.15) is 43.7 Å². The van der Waals surface area contributed by atoms with Crippen molar-refractivity contribution < 1.29 is 4.39 Å². The van der Waals surface area contributed by atoms with E-state index in [1.807, 2.05) is 12.1 Å². The largest absolute Gasteiger partial charge is 0.271 e. The van der Waals surface area contributed by atoms with Crippen LogP contribution in [0.2, 0.25) is 0 Å². The molecule has 1 atom stereocenters. The highest BCUT2D eigenvalue weighted by atomic mass is 19.1. The van der Waals surface area contributed by atoms with Gasteiger partial charge in [-0.2, -0.15) is 0 Å². The molecule has 1 aliphatic rings. The topological polar surface area (TPSA) is 38.0 Å². The minimum atomic E-state index is -0.163. The molecule has 1 aliphatic carbocycles. The molecule has 3 heteroatoms. The minimum absolute atomic E-state index is 0.0516. The second kappa shape index (κ2) is 5.41. The highest BCUT2D eigenvalue weighted by Gasteiger charge is 2.22. The molecular formula is C13H19FN2. The van der Waals surface area contributed by atoms with Gasteiger partial charge in [0.25, 0.3) is 0 Å². The molecule has 3 N–H and O–H groups in total. The predicted molar refractivity (Wildman–Crippen MR) is 63.0 cm³/mol. The van der Waals surface area contributed by atoms with E-state index in [2.05, 4.69) is 5.43 Å². The Labute approximate surface area is 96.0 Å². The van der Waals surface area contributed by atoms with Gasteiger partial charge in [-0.3, -0.25) is 11.3 Å². The fraction of sp³-hybridized carbons (Fsp3) is 0.538. The van der Waals surface area contributed by atoms with Gasteiger partial charge >= 0.3 is 0 Å². The average molecular weight is 222 g/mol. The van der Waals surface area contributed by atoms with Crippen LogP contribution in [0.15, 0.2) is 24.3 Å². The smallest absolute Gasteiger partial charge is 0.128 e. The summed E-state index contributed by atoms with van der Waals surface area (Å²) in [7, 11) is 0. The fourth-order valence-corrected chi connectivity index (χ4v) is 2.62. The lowest BCUT2D eigenvalue weighted by molar-refractivity contribution is 0.390. The van der Waals surface area contributed by atoms with Crippen molar-refractivity contribution in [3.05, 3.63) is 35.6 Å². The third-order valence-electron chi connectivity index (χ3n) is 3.53. The lowest BCUT2D eigenvalue weighted by Gasteiger charge is -2.20. The molecule has 0 aliphatic heterocycles. The summed E-state index contributed by atoms with van der Waals surface area (Å²) in [4.78, 5) is 0. The van der Waals surface area contributed by atoms with Crippen molar-refractivity contribution in [2.45, 2.75) is 38.1 Å². The molecule has 1 fully saturated rings. The molecule has 16 heavy (non-hydrogen) atoms. The van der Waals surface area contributed by atoms with E-state index in [0.717, 1.165) is 6.42 Å². The van der Waals surface area contributed by atoms with Crippen molar-refractivity contribution in [2.24, 2.45) is 11.8 Å². The first-order valence-corrected chi connectivity index (χ1v) is 6.02. The monoisotopic (exact) mass is 222 g/mol. The first-order valence-electron chi connectivity index (χ1n) is 6.02. The average Bonchev–Trinajstić information content (AvgIpc) is 2.80. The van der Waals surface area contributed by atoms with E-state index >= 15 is 0 Å². The van der Waals surface area contributed by atoms with Crippen LogP contribution in [0, 0.1) is 11.7 Å². The number of hydrogen-bond donors (Lipinski definition) is 2. The SMILES string of the molecule is NNC(CC1CCCC1)c1ccccc1F. The molecule has 0 amide bonds. The maximum atomic E-state index is 13.6. The normalized spacial score (nSPS) is 18.9. The quantitative estimate of drug-likeness (QED) is 0.607.